The van der Waals surface area contributed by atoms with Crippen LogP contribution < -0.4 is 21.2 Å². The van der Waals surface area contributed by atoms with E-state index in [0.717, 1.165) is 12.1 Å². The molecule has 0 aliphatic rings. The van der Waals surface area contributed by atoms with Gasteiger partial charge in [0.15, 0.2) is 0 Å². The second-order valence-electron chi connectivity index (χ2n) is 9.68. The molecule has 0 aliphatic heterocycles. The standard InChI is InChI=1S/C26H24P2.C11H6F2N.ClH.Pt/c1-5-13-23(14-6-1)27(24-15-7-2-8-16-24)21-22-28(25-17-9-3-10-18-25)26-19-11-4-12-20-26;12-8-4-5-9(10(13)7-8)11-3-1-2-6-14-11;;/h1-20H,21-22H2;1-4,6-7H;1H;/q;-1;;/p+2. The van der Waals surface area contributed by atoms with E-state index in [9.17, 15) is 8.78 Å². The molecule has 6 aromatic rings. The average molecular weight is 822 g/mol. The molecule has 1 aromatic heterocycles. The van der Waals surface area contributed by atoms with Crippen molar-refractivity contribution in [1.82, 2.24) is 4.98 Å². The molecule has 6 rings (SSSR count). The van der Waals surface area contributed by atoms with Crippen molar-refractivity contribution >= 4 is 49.5 Å². The molecule has 0 saturated carbocycles. The Morgan fingerprint density at radius 1 is 0.545 bits per heavy atom. The van der Waals surface area contributed by atoms with Crippen LogP contribution in [0, 0.1) is 17.7 Å². The number of rotatable bonds is 8. The Balaban J connectivity index is 0.000000280. The summed E-state index contributed by atoms with van der Waals surface area (Å²) in [5.74, 6) is -1.29. The number of hydrogen-bond acceptors (Lipinski definition) is 1. The van der Waals surface area contributed by atoms with Crippen LogP contribution in [0.2, 0.25) is 0 Å². The van der Waals surface area contributed by atoms with Crippen molar-refractivity contribution in [3.8, 4) is 11.3 Å². The fourth-order valence-electron chi connectivity index (χ4n) is 4.87. The number of halogens is 3. The number of nitrogens with zero attached hydrogens (tertiary/aromatic N) is 1. The van der Waals surface area contributed by atoms with E-state index in [1.807, 2.05) is 0 Å². The van der Waals surface area contributed by atoms with Gasteiger partial charge in [-0.3, -0.25) is 8.78 Å². The van der Waals surface area contributed by atoms with E-state index in [4.69, 9.17) is 0 Å². The minimum Gasteiger partial charge on any atom is -0.305 e. The van der Waals surface area contributed by atoms with Gasteiger partial charge in [0.1, 0.15) is 12.3 Å². The molecule has 0 unspecified atom stereocenters. The molecule has 5 aromatic carbocycles. The number of hydrogen-bond donors (Lipinski definition) is 0. The smallest absolute Gasteiger partial charge is 0.101 e. The zero-order valence-electron chi connectivity index (χ0n) is 23.9. The first-order valence-corrected chi connectivity index (χ1v) is 17.3. The molecule has 0 fully saturated rings. The Bertz CT molecular complexity index is 1490. The van der Waals surface area contributed by atoms with Gasteiger partial charge < -0.3 is 4.98 Å². The number of aromatic nitrogens is 1. The summed E-state index contributed by atoms with van der Waals surface area (Å²) < 4.78 is 25.8. The van der Waals surface area contributed by atoms with Gasteiger partial charge in [-0.05, 0) is 60.3 Å². The minimum atomic E-state index is -0.783. The summed E-state index contributed by atoms with van der Waals surface area (Å²) in [6.07, 6.45) is 4.07. The summed E-state index contributed by atoms with van der Waals surface area (Å²) in [6, 6.07) is 54.0. The molecule has 226 valence electrons. The third-order valence-corrected chi connectivity index (χ3v) is 13.0. The van der Waals surface area contributed by atoms with Crippen molar-refractivity contribution < 1.29 is 29.8 Å². The van der Waals surface area contributed by atoms with Crippen molar-refractivity contribution in [3.05, 3.63) is 176 Å². The number of pyridine rings is 1. The van der Waals surface area contributed by atoms with Crippen LogP contribution in [0.5, 0.6) is 0 Å². The van der Waals surface area contributed by atoms with E-state index in [-0.39, 0.29) is 39.0 Å². The van der Waals surface area contributed by atoms with Crippen LogP contribution in [0.25, 0.3) is 11.3 Å². The molecule has 0 N–H and O–H groups in total. The van der Waals surface area contributed by atoms with Crippen molar-refractivity contribution in [2.75, 3.05) is 12.3 Å². The zero-order valence-corrected chi connectivity index (χ0v) is 28.9. The van der Waals surface area contributed by atoms with Gasteiger partial charge in [0.2, 0.25) is 0 Å². The van der Waals surface area contributed by atoms with Gasteiger partial charge in [-0.1, -0.05) is 96.6 Å². The normalized spacial score (nSPS) is 10.3. The van der Waals surface area contributed by atoms with E-state index >= 15 is 0 Å². The summed E-state index contributed by atoms with van der Waals surface area (Å²) in [6.45, 7) is 0. The summed E-state index contributed by atoms with van der Waals surface area (Å²) in [5, 5.41) is 6.06. The first-order valence-electron chi connectivity index (χ1n) is 13.9. The molecule has 1 nitrogen and oxygen atoms in total. The van der Waals surface area contributed by atoms with Crippen LogP contribution in [-0.4, -0.2) is 17.3 Å². The topological polar surface area (TPSA) is 12.9 Å². The first-order chi connectivity index (χ1) is 20.7. The van der Waals surface area contributed by atoms with Crippen molar-refractivity contribution in [1.29, 1.82) is 0 Å². The van der Waals surface area contributed by atoms with Gasteiger partial charge in [0.25, 0.3) is 0 Å². The molecule has 1 heterocycles. The molecule has 0 atom stereocenters. The minimum absolute atomic E-state index is 0. The van der Waals surface area contributed by atoms with Crippen LogP contribution in [0.4, 0.5) is 8.78 Å². The van der Waals surface area contributed by atoms with Crippen LogP contribution in [-0.2, 0) is 21.1 Å². The molecular formula is C37H33ClF2NP2Pt+. The van der Waals surface area contributed by atoms with Crippen molar-refractivity contribution in [2.24, 2.45) is 0 Å². The van der Waals surface area contributed by atoms with Crippen LogP contribution in [0.1, 0.15) is 0 Å². The predicted octanol–water partition coefficient (Wildman–Crippen LogP) is 7.96. The maximum Gasteiger partial charge on any atom is 0.101 e. The maximum absolute atomic E-state index is 13.2. The summed E-state index contributed by atoms with van der Waals surface area (Å²) in [7, 11) is -1.57. The molecular weight excluding hydrogens is 789 g/mol. The van der Waals surface area contributed by atoms with Crippen LogP contribution >= 0.6 is 28.3 Å². The summed E-state index contributed by atoms with van der Waals surface area (Å²) in [4.78, 5) is 3.95. The van der Waals surface area contributed by atoms with E-state index in [1.165, 1.54) is 33.5 Å². The van der Waals surface area contributed by atoms with Gasteiger partial charge in [-0.2, -0.15) is 0 Å². The van der Waals surface area contributed by atoms with Crippen molar-refractivity contribution in [2.45, 2.75) is 0 Å². The molecule has 0 spiro atoms. The van der Waals surface area contributed by atoms with E-state index in [1.54, 1.807) is 24.4 Å². The van der Waals surface area contributed by atoms with Crippen LogP contribution in [0.3, 0.4) is 0 Å². The Morgan fingerprint density at radius 3 is 1.27 bits per heavy atom. The monoisotopic (exact) mass is 821 g/mol. The Kier molecular flexibility index (Phi) is 15.0. The third kappa shape index (κ3) is 9.99. The second kappa shape index (κ2) is 18.7. The maximum atomic E-state index is 13.2. The molecule has 0 saturated heterocycles. The largest absolute Gasteiger partial charge is 0.305 e. The molecule has 0 aliphatic carbocycles. The van der Waals surface area contributed by atoms with Crippen LogP contribution in [0.15, 0.2) is 158 Å². The van der Waals surface area contributed by atoms with E-state index in [0.29, 0.717) is 5.69 Å². The van der Waals surface area contributed by atoms with Gasteiger partial charge in [0.05, 0.1) is 37.1 Å². The van der Waals surface area contributed by atoms with Gasteiger partial charge in [-0.15, -0.1) is 24.5 Å². The Hall–Kier alpha value is -3.05. The Morgan fingerprint density at radius 2 is 0.932 bits per heavy atom. The molecule has 0 radical (unpaired) electrons. The first kappa shape index (κ1) is 35.4. The average Bonchev–Trinajstić information content (AvgIpc) is 3.06. The molecule has 44 heavy (non-hydrogen) atoms. The Labute approximate surface area is 282 Å². The second-order valence-corrected chi connectivity index (χ2v) is 14.9. The van der Waals surface area contributed by atoms with Crippen molar-refractivity contribution in [3.63, 3.8) is 0 Å². The molecule has 0 amide bonds. The fraction of sp³-hybridized carbons (Fsp3) is 0.0541. The fourth-order valence-corrected chi connectivity index (χ4v) is 11.1. The van der Waals surface area contributed by atoms with Gasteiger partial charge in [0, 0.05) is 38.9 Å². The summed E-state index contributed by atoms with van der Waals surface area (Å²) in [5.41, 5.74) is 0.636. The van der Waals surface area contributed by atoms with E-state index in [2.05, 4.69) is 132 Å². The molecule has 7 heteroatoms. The third-order valence-electron chi connectivity index (χ3n) is 6.89. The molecule has 0 bridgehead atoms. The zero-order chi connectivity index (χ0) is 29.0. The van der Waals surface area contributed by atoms with Gasteiger partial charge in [-0.25, -0.2) is 0 Å². The van der Waals surface area contributed by atoms with E-state index < -0.39 is 27.5 Å². The predicted molar refractivity (Wildman–Crippen MR) is 186 cm³/mol. The SMILES string of the molecule is Cl.Fc1c[c-]c(-c2ccccn2)c(F)c1.[Pt].c1ccc([PH+](CC[PH+](c2ccccc2)c2ccccc2)c2ccccc2)cc1. The van der Waals surface area contributed by atoms with Gasteiger partial charge >= 0.3 is 0 Å². The quantitative estimate of drug-likeness (QED) is 0.112. The number of benzene rings is 5. The summed E-state index contributed by atoms with van der Waals surface area (Å²) >= 11 is 0.